The molecule has 0 saturated carbocycles. The van der Waals surface area contributed by atoms with Crippen LogP contribution in [-0.4, -0.2) is 25.9 Å². The fourth-order valence-corrected chi connectivity index (χ4v) is 2.25. The Balaban J connectivity index is 1.58. The Labute approximate surface area is 116 Å². The highest BCUT2D eigenvalue weighted by molar-refractivity contribution is 5.39. The van der Waals surface area contributed by atoms with Gasteiger partial charge in [0.15, 0.2) is 0 Å². The third-order valence-corrected chi connectivity index (χ3v) is 3.28. The van der Waals surface area contributed by atoms with Gasteiger partial charge in [-0.15, -0.1) is 0 Å². The van der Waals surface area contributed by atoms with E-state index in [4.69, 9.17) is 9.47 Å². The van der Waals surface area contributed by atoms with Crippen molar-refractivity contribution < 1.29 is 9.47 Å². The minimum atomic E-state index is 0.349. The number of hydrogen-bond donors (Lipinski definition) is 1. The van der Waals surface area contributed by atoms with Crippen molar-refractivity contribution in [2.45, 2.75) is 45.8 Å². The second-order valence-electron chi connectivity index (χ2n) is 5.34. The van der Waals surface area contributed by atoms with Gasteiger partial charge in [-0.05, 0) is 50.4 Å². The maximum atomic E-state index is 5.52. The van der Waals surface area contributed by atoms with E-state index in [0.29, 0.717) is 6.10 Å². The van der Waals surface area contributed by atoms with E-state index in [2.05, 4.69) is 37.4 Å². The van der Waals surface area contributed by atoms with Crippen LogP contribution >= 0.6 is 0 Å². The van der Waals surface area contributed by atoms with Gasteiger partial charge in [-0.3, -0.25) is 0 Å². The van der Waals surface area contributed by atoms with Crippen LogP contribution in [0.1, 0.15) is 37.8 Å². The van der Waals surface area contributed by atoms with Crippen LogP contribution in [0.15, 0.2) is 18.2 Å². The highest BCUT2D eigenvalue weighted by Crippen LogP contribution is 2.25. The molecule has 0 aromatic heterocycles. The Morgan fingerprint density at radius 1 is 1.32 bits per heavy atom. The van der Waals surface area contributed by atoms with Gasteiger partial charge < -0.3 is 14.8 Å². The van der Waals surface area contributed by atoms with Crippen molar-refractivity contribution in [2.24, 2.45) is 0 Å². The maximum absolute atomic E-state index is 5.52. The zero-order valence-corrected chi connectivity index (χ0v) is 12.1. The lowest BCUT2D eigenvalue weighted by molar-refractivity contribution is 0.0760. The van der Waals surface area contributed by atoms with Crippen LogP contribution < -0.4 is 10.1 Å². The number of ether oxygens (including phenoxy) is 2. The van der Waals surface area contributed by atoms with Crippen molar-refractivity contribution in [2.75, 3.05) is 19.8 Å². The Morgan fingerprint density at radius 2 is 2.21 bits per heavy atom. The standard InChI is InChI=1S/C16H25NO2/c1-13(2)18-9-4-3-8-17-12-14-5-6-16-15(11-14)7-10-19-16/h5-6,11,13,17H,3-4,7-10,12H2,1-2H3. The van der Waals surface area contributed by atoms with Gasteiger partial charge >= 0.3 is 0 Å². The number of fused-ring (bicyclic) bond motifs is 1. The van der Waals surface area contributed by atoms with Gasteiger partial charge in [0.1, 0.15) is 5.75 Å². The number of benzene rings is 1. The number of unbranched alkanes of at least 4 members (excludes halogenated alkanes) is 1. The molecular formula is C16H25NO2. The third kappa shape index (κ3) is 4.84. The summed E-state index contributed by atoms with van der Waals surface area (Å²) in [6, 6.07) is 6.51. The Kier molecular flexibility index (Phi) is 5.67. The Hall–Kier alpha value is -1.06. The molecule has 0 bridgehead atoms. The summed E-state index contributed by atoms with van der Waals surface area (Å²) in [7, 11) is 0. The van der Waals surface area contributed by atoms with E-state index in [1.807, 2.05) is 0 Å². The average Bonchev–Trinajstić information content (AvgIpc) is 2.84. The summed E-state index contributed by atoms with van der Waals surface area (Å²) in [6.07, 6.45) is 3.70. The van der Waals surface area contributed by atoms with Crippen molar-refractivity contribution in [1.82, 2.24) is 5.32 Å². The van der Waals surface area contributed by atoms with Crippen molar-refractivity contribution in [3.63, 3.8) is 0 Å². The van der Waals surface area contributed by atoms with E-state index in [0.717, 1.165) is 44.9 Å². The van der Waals surface area contributed by atoms with Crippen LogP contribution in [0.4, 0.5) is 0 Å². The van der Waals surface area contributed by atoms with E-state index in [-0.39, 0.29) is 0 Å². The SMILES string of the molecule is CC(C)OCCCCNCc1ccc2c(c1)CCO2. The van der Waals surface area contributed by atoms with Gasteiger partial charge in [-0.1, -0.05) is 12.1 Å². The lowest BCUT2D eigenvalue weighted by Crippen LogP contribution is -2.15. The smallest absolute Gasteiger partial charge is 0.122 e. The van der Waals surface area contributed by atoms with Gasteiger partial charge in [0.2, 0.25) is 0 Å². The molecule has 1 aromatic rings. The first kappa shape index (κ1) is 14.4. The molecule has 0 saturated heterocycles. The topological polar surface area (TPSA) is 30.5 Å². The maximum Gasteiger partial charge on any atom is 0.122 e. The molecule has 1 heterocycles. The zero-order valence-electron chi connectivity index (χ0n) is 12.1. The molecule has 3 nitrogen and oxygen atoms in total. The summed E-state index contributed by atoms with van der Waals surface area (Å²) < 4.78 is 11.0. The van der Waals surface area contributed by atoms with Crippen molar-refractivity contribution in [3.8, 4) is 5.75 Å². The molecule has 0 radical (unpaired) electrons. The fourth-order valence-electron chi connectivity index (χ4n) is 2.25. The van der Waals surface area contributed by atoms with Crippen LogP contribution in [0, 0.1) is 0 Å². The molecule has 0 aliphatic carbocycles. The van der Waals surface area contributed by atoms with Crippen molar-refractivity contribution in [3.05, 3.63) is 29.3 Å². The van der Waals surface area contributed by atoms with Crippen LogP contribution in [0.25, 0.3) is 0 Å². The quantitative estimate of drug-likeness (QED) is 0.732. The minimum absolute atomic E-state index is 0.349. The normalized spacial score (nSPS) is 13.6. The number of rotatable bonds is 8. The first-order valence-corrected chi connectivity index (χ1v) is 7.32. The van der Waals surface area contributed by atoms with E-state index in [1.165, 1.54) is 17.5 Å². The average molecular weight is 263 g/mol. The number of hydrogen-bond acceptors (Lipinski definition) is 3. The molecule has 106 valence electrons. The molecule has 1 aliphatic heterocycles. The zero-order chi connectivity index (χ0) is 13.5. The molecule has 19 heavy (non-hydrogen) atoms. The van der Waals surface area contributed by atoms with Gasteiger partial charge in [-0.2, -0.15) is 0 Å². The summed E-state index contributed by atoms with van der Waals surface area (Å²) in [5, 5.41) is 3.48. The number of nitrogens with one attached hydrogen (secondary N) is 1. The predicted molar refractivity (Wildman–Crippen MR) is 77.7 cm³/mol. The monoisotopic (exact) mass is 263 g/mol. The first-order chi connectivity index (χ1) is 9.25. The van der Waals surface area contributed by atoms with E-state index >= 15 is 0 Å². The Morgan fingerprint density at radius 3 is 3.05 bits per heavy atom. The van der Waals surface area contributed by atoms with Crippen molar-refractivity contribution in [1.29, 1.82) is 0 Å². The molecule has 1 N–H and O–H groups in total. The van der Waals surface area contributed by atoms with Crippen LogP contribution in [0.3, 0.4) is 0 Å². The van der Waals surface area contributed by atoms with E-state index < -0.39 is 0 Å². The summed E-state index contributed by atoms with van der Waals surface area (Å²) in [4.78, 5) is 0. The summed E-state index contributed by atoms with van der Waals surface area (Å²) in [5.41, 5.74) is 2.70. The highest BCUT2D eigenvalue weighted by atomic mass is 16.5. The summed E-state index contributed by atoms with van der Waals surface area (Å²) in [6.45, 7) is 7.86. The van der Waals surface area contributed by atoms with E-state index in [1.54, 1.807) is 0 Å². The molecule has 1 aromatic carbocycles. The fraction of sp³-hybridized carbons (Fsp3) is 0.625. The molecule has 0 atom stereocenters. The molecule has 3 heteroatoms. The van der Waals surface area contributed by atoms with Crippen molar-refractivity contribution >= 4 is 0 Å². The molecule has 0 amide bonds. The predicted octanol–water partition coefficient (Wildman–Crippen LogP) is 2.92. The Bertz CT molecular complexity index is 390. The molecule has 0 fully saturated rings. The minimum Gasteiger partial charge on any atom is -0.493 e. The van der Waals surface area contributed by atoms with Gasteiger partial charge in [0, 0.05) is 19.6 Å². The lowest BCUT2D eigenvalue weighted by atomic mass is 10.1. The highest BCUT2D eigenvalue weighted by Gasteiger charge is 2.11. The molecular weight excluding hydrogens is 238 g/mol. The third-order valence-electron chi connectivity index (χ3n) is 3.28. The van der Waals surface area contributed by atoms with Gasteiger partial charge in [0.05, 0.1) is 12.7 Å². The molecule has 1 aliphatic rings. The molecule has 0 spiro atoms. The first-order valence-electron chi connectivity index (χ1n) is 7.32. The summed E-state index contributed by atoms with van der Waals surface area (Å²) >= 11 is 0. The molecule has 0 unspecified atom stereocenters. The largest absolute Gasteiger partial charge is 0.493 e. The second-order valence-corrected chi connectivity index (χ2v) is 5.34. The van der Waals surface area contributed by atoms with Crippen LogP contribution in [-0.2, 0) is 17.7 Å². The molecule has 2 rings (SSSR count). The van der Waals surface area contributed by atoms with Gasteiger partial charge in [0.25, 0.3) is 0 Å². The summed E-state index contributed by atoms with van der Waals surface area (Å²) in [5.74, 6) is 1.06. The van der Waals surface area contributed by atoms with E-state index in [9.17, 15) is 0 Å². The van der Waals surface area contributed by atoms with Crippen LogP contribution in [0.2, 0.25) is 0 Å². The van der Waals surface area contributed by atoms with Gasteiger partial charge in [-0.25, -0.2) is 0 Å². The van der Waals surface area contributed by atoms with Crippen LogP contribution in [0.5, 0.6) is 5.75 Å². The second kappa shape index (κ2) is 7.51. The lowest BCUT2D eigenvalue weighted by Gasteiger charge is -2.08.